The molecule has 1 aliphatic heterocycles. The van der Waals surface area contributed by atoms with E-state index in [1.165, 1.54) is 39.2 Å². The summed E-state index contributed by atoms with van der Waals surface area (Å²) in [6, 6.07) is 5.45. The van der Waals surface area contributed by atoms with Crippen molar-refractivity contribution < 1.29 is 9.13 Å². The molecule has 1 aromatic carbocycles. The van der Waals surface area contributed by atoms with E-state index in [1.54, 1.807) is 6.07 Å². The second-order valence-corrected chi connectivity index (χ2v) is 6.32. The molecule has 1 spiro atoms. The van der Waals surface area contributed by atoms with Gasteiger partial charge in [-0.15, -0.1) is 0 Å². The van der Waals surface area contributed by atoms with E-state index in [-0.39, 0.29) is 11.4 Å². The number of hydrogen-bond donors (Lipinski definition) is 1. The van der Waals surface area contributed by atoms with Crippen LogP contribution in [0.2, 0.25) is 0 Å². The molecule has 0 aromatic heterocycles. The number of piperazine rings is 1. The lowest BCUT2D eigenvalue weighted by Crippen LogP contribution is -2.61. The van der Waals surface area contributed by atoms with E-state index in [0.717, 1.165) is 25.2 Å². The van der Waals surface area contributed by atoms with Gasteiger partial charge in [0.25, 0.3) is 0 Å². The highest BCUT2D eigenvalue weighted by molar-refractivity contribution is 5.31. The fourth-order valence-electron chi connectivity index (χ4n) is 3.88. The summed E-state index contributed by atoms with van der Waals surface area (Å²) in [4.78, 5) is 2.50. The van der Waals surface area contributed by atoms with Crippen LogP contribution in [0.25, 0.3) is 0 Å². The average molecular weight is 292 g/mol. The Labute approximate surface area is 126 Å². The molecule has 0 bridgehead atoms. The van der Waals surface area contributed by atoms with Crippen LogP contribution >= 0.6 is 0 Å². The van der Waals surface area contributed by atoms with E-state index in [1.807, 2.05) is 12.1 Å². The minimum atomic E-state index is -0.204. The number of rotatable bonds is 3. The summed E-state index contributed by atoms with van der Waals surface area (Å²) < 4.78 is 19.5. The highest BCUT2D eigenvalue weighted by atomic mass is 19.1. The highest BCUT2D eigenvalue weighted by Crippen LogP contribution is 2.36. The fourth-order valence-corrected chi connectivity index (χ4v) is 3.88. The molecule has 1 saturated carbocycles. The van der Waals surface area contributed by atoms with Gasteiger partial charge in [-0.25, -0.2) is 4.39 Å². The Morgan fingerprint density at radius 2 is 2.10 bits per heavy atom. The summed E-state index contributed by atoms with van der Waals surface area (Å²) in [6.07, 6.45) is 6.37. The van der Waals surface area contributed by atoms with Crippen LogP contribution in [-0.4, -0.2) is 37.2 Å². The van der Waals surface area contributed by atoms with Crippen LogP contribution in [0, 0.1) is 5.82 Å². The predicted octanol–water partition coefficient (Wildman–Crippen LogP) is 2.94. The van der Waals surface area contributed by atoms with E-state index in [9.17, 15) is 4.39 Å². The van der Waals surface area contributed by atoms with Gasteiger partial charge >= 0.3 is 0 Å². The van der Waals surface area contributed by atoms with E-state index in [2.05, 4.69) is 10.2 Å². The van der Waals surface area contributed by atoms with Gasteiger partial charge in [0.1, 0.15) is 0 Å². The van der Waals surface area contributed by atoms with Crippen LogP contribution in [0.15, 0.2) is 18.2 Å². The summed E-state index contributed by atoms with van der Waals surface area (Å²) in [5, 5.41) is 3.54. The molecule has 1 aromatic rings. The van der Waals surface area contributed by atoms with Crippen LogP contribution in [0.1, 0.15) is 37.7 Å². The summed E-state index contributed by atoms with van der Waals surface area (Å²) in [6.45, 7) is 3.72. The van der Waals surface area contributed by atoms with Crippen molar-refractivity contribution in [2.24, 2.45) is 0 Å². The van der Waals surface area contributed by atoms with Crippen molar-refractivity contribution in [3.63, 3.8) is 0 Å². The van der Waals surface area contributed by atoms with Crippen LogP contribution in [0.3, 0.4) is 0 Å². The number of ether oxygens (including phenoxy) is 1. The Kier molecular flexibility index (Phi) is 4.45. The zero-order valence-corrected chi connectivity index (χ0v) is 12.8. The molecule has 1 saturated heterocycles. The first-order chi connectivity index (χ1) is 10.2. The molecule has 0 amide bonds. The molecule has 0 atom stereocenters. The Hall–Kier alpha value is -1.13. The van der Waals surface area contributed by atoms with Crippen LogP contribution < -0.4 is 10.1 Å². The van der Waals surface area contributed by atoms with Crippen LogP contribution in [0.4, 0.5) is 4.39 Å². The third kappa shape index (κ3) is 2.92. The molecule has 1 N–H and O–H groups in total. The number of methoxy groups -OCH3 is 1. The molecule has 0 radical (unpaired) electrons. The molecular formula is C17H25FN2O. The number of nitrogens with one attached hydrogen (secondary N) is 1. The maximum Gasteiger partial charge on any atom is 0.169 e. The van der Waals surface area contributed by atoms with Crippen molar-refractivity contribution >= 4 is 0 Å². The Morgan fingerprint density at radius 3 is 2.86 bits per heavy atom. The van der Waals surface area contributed by atoms with Gasteiger partial charge in [-0.3, -0.25) is 4.90 Å². The van der Waals surface area contributed by atoms with Gasteiger partial charge in [0.05, 0.1) is 7.11 Å². The molecule has 21 heavy (non-hydrogen) atoms. The fraction of sp³-hybridized carbons (Fsp3) is 0.647. The smallest absolute Gasteiger partial charge is 0.169 e. The Bertz CT molecular complexity index is 477. The van der Waals surface area contributed by atoms with Gasteiger partial charge in [0, 0.05) is 37.3 Å². The standard InChI is InChI=1S/C17H25FN2O/c1-21-15-7-5-6-14(16(15)18)12-20-11-10-19-13-17(20)8-3-2-4-9-17/h5-7,19H,2-4,8-13H2,1H3. The minimum Gasteiger partial charge on any atom is -0.494 e. The second kappa shape index (κ2) is 6.32. The highest BCUT2D eigenvalue weighted by Gasteiger charge is 2.39. The average Bonchev–Trinajstić information content (AvgIpc) is 2.52. The van der Waals surface area contributed by atoms with Crippen molar-refractivity contribution in [1.82, 2.24) is 10.2 Å². The SMILES string of the molecule is COc1cccc(CN2CCNCC23CCCCC3)c1F. The van der Waals surface area contributed by atoms with Gasteiger partial charge in [-0.2, -0.15) is 0 Å². The van der Waals surface area contributed by atoms with Crippen molar-refractivity contribution in [2.75, 3.05) is 26.7 Å². The molecule has 2 fully saturated rings. The number of benzene rings is 1. The van der Waals surface area contributed by atoms with Gasteiger partial charge < -0.3 is 10.1 Å². The molecule has 3 rings (SSSR count). The van der Waals surface area contributed by atoms with Gasteiger partial charge in [0.2, 0.25) is 0 Å². The molecule has 116 valence electrons. The molecule has 1 heterocycles. The third-order valence-corrected chi connectivity index (χ3v) is 5.09. The lowest BCUT2D eigenvalue weighted by Gasteiger charge is -2.50. The van der Waals surface area contributed by atoms with Gasteiger partial charge in [0.15, 0.2) is 11.6 Å². The zero-order valence-electron chi connectivity index (χ0n) is 12.8. The summed E-state index contributed by atoms with van der Waals surface area (Å²) in [5.41, 5.74) is 0.979. The Balaban J connectivity index is 1.81. The van der Waals surface area contributed by atoms with Crippen molar-refractivity contribution in [2.45, 2.75) is 44.2 Å². The normalized spacial score (nSPS) is 22.4. The molecule has 3 nitrogen and oxygen atoms in total. The third-order valence-electron chi connectivity index (χ3n) is 5.09. The summed E-state index contributed by atoms with van der Waals surface area (Å²) in [7, 11) is 1.52. The van der Waals surface area contributed by atoms with Gasteiger partial charge in [-0.05, 0) is 18.9 Å². The van der Waals surface area contributed by atoms with E-state index in [0.29, 0.717) is 12.3 Å². The summed E-state index contributed by atoms with van der Waals surface area (Å²) in [5.74, 6) is 0.143. The van der Waals surface area contributed by atoms with E-state index < -0.39 is 0 Å². The van der Waals surface area contributed by atoms with E-state index >= 15 is 0 Å². The monoisotopic (exact) mass is 292 g/mol. The van der Waals surface area contributed by atoms with Crippen LogP contribution in [-0.2, 0) is 6.54 Å². The Morgan fingerprint density at radius 1 is 1.29 bits per heavy atom. The number of nitrogens with zero attached hydrogens (tertiary/aromatic N) is 1. The number of halogens is 1. The maximum atomic E-state index is 14.4. The number of hydrogen-bond acceptors (Lipinski definition) is 3. The first kappa shape index (κ1) is 14.8. The van der Waals surface area contributed by atoms with Crippen molar-refractivity contribution in [3.8, 4) is 5.75 Å². The topological polar surface area (TPSA) is 24.5 Å². The van der Waals surface area contributed by atoms with E-state index in [4.69, 9.17) is 4.74 Å². The first-order valence-electron chi connectivity index (χ1n) is 8.02. The second-order valence-electron chi connectivity index (χ2n) is 6.32. The molecular weight excluding hydrogens is 267 g/mol. The van der Waals surface area contributed by atoms with Crippen LogP contribution in [0.5, 0.6) is 5.75 Å². The quantitative estimate of drug-likeness (QED) is 0.927. The maximum absolute atomic E-state index is 14.4. The first-order valence-corrected chi connectivity index (χ1v) is 8.02. The predicted molar refractivity (Wildman–Crippen MR) is 82.0 cm³/mol. The lowest BCUT2D eigenvalue weighted by atomic mass is 9.79. The summed E-state index contributed by atoms with van der Waals surface area (Å²) >= 11 is 0. The molecule has 4 heteroatoms. The van der Waals surface area contributed by atoms with Gasteiger partial charge in [-0.1, -0.05) is 31.4 Å². The largest absolute Gasteiger partial charge is 0.494 e. The van der Waals surface area contributed by atoms with Crippen molar-refractivity contribution in [1.29, 1.82) is 0 Å². The molecule has 1 aliphatic carbocycles. The molecule has 0 unspecified atom stereocenters. The van der Waals surface area contributed by atoms with Crippen molar-refractivity contribution in [3.05, 3.63) is 29.6 Å². The zero-order chi connectivity index (χ0) is 14.7. The molecule has 2 aliphatic rings. The minimum absolute atomic E-state index is 0.204. The lowest BCUT2D eigenvalue weighted by molar-refractivity contribution is 0.0200.